The van der Waals surface area contributed by atoms with E-state index in [1.165, 1.54) is 41.4 Å². The van der Waals surface area contributed by atoms with Crippen molar-refractivity contribution in [1.82, 2.24) is 19.7 Å². The fraction of sp³-hybridized carbons (Fsp3) is 0.185. The fourth-order valence-electron chi connectivity index (χ4n) is 3.82. The first-order valence-corrected chi connectivity index (χ1v) is 11.8. The molecule has 0 aliphatic rings. The summed E-state index contributed by atoms with van der Waals surface area (Å²) in [7, 11) is 0. The summed E-state index contributed by atoms with van der Waals surface area (Å²) in [5.41, 5.74) is 0.695. The van der Waals surface area contributed by atoms with Crippen LogP contribution in [0.1, 0.15) is 24.0 Å². The fourth-order valence-corrected chi connectivity index (χ4v) is 3.82. The van der Waals surface area contributed by atoms with Crippen LogP contribution in [-0.4, -0.2) is 91.0 Å². The van der Waals surface area contributed by atoms with E-state index in [2.05, 4.69) is 20.4 Å². The van der Waals surface area contributed by atoms with Gasteiger partial charge in [0.05, 0.1) is 36.1 Å². The Balaban J connectivity index is 0.00000441. The number of nitrogens with one attached hydrogen (secondary N) is 1. The third kappa shape index (κ3) is 8.35. The van der Waals surface area contributed by atoms with Gasteiger partial charge in [-0.1, -0.05) is 42.5 Å². The van der Waals surface area contributed by atoms with Crippen LogP contribution in [-0.2, 0) is 11.0 Å². The average Bonchev–Trinajstić information content (AvgIpc) is 3.31. The summed E-state index contributed by atoms with van der Waals surface area (Å²) in [6.07, 6.45) is -2.20. The third-order valence-electron chi connectivity index (χ3n) is 5.57. The van der Waals surface area contributed by atoms with Crippen molar-refractivity contribution in [3.8, 4) is 17.1 Å². The largest absolute Gasteiger partial charge is 2.00 e. The molecule has 2 aromatic carbocycles. The van der Waals surface area contributed by atoms with Gasteiger partial charge in [0, 0.05) is 35.5 Å². The maximum atomic E-state index is 13.5. The number of benzene rings is 2. The molecule has 9 nitrogen and oxygen atoms in total. The van der Waals surface area contributed by atoms with Crippen molar-refractivity contribution in [3.05, 3.63) is 90.3 Å². The molecule has 0 saturated carbocycles. The average molecular weight is 580 g/mol. The van der Waals surface area contributed by atoms with Crippen LogP contribution < -0.4 is 5.32 Å². The Kier molecular flexibility index (Phi) is 10.8. The normalized spacial score (nSPS) is 13.0. The molecular weight excluding hydrogens is 555 g/mol. The second-order valence-corrected chi connectivity index (χ2v) is 8.58. The molecule has 2 heterocycles. The molecule has 13 heteroatoms. The first-order chi connectivity index (χ1) is 18.6. The Hall–Kier alpha value is -3.29. The Morgan fingerprint density at radius 2 is 1.82 bits per heavy atom. The molecule has 0 spiro atoms. The molecule has 0 aliphatic carbocycles. The molecule has 2 aromatic heterocycles. The minimum Gasteiger partial charge on any atom is -0.481 e. The summed E-state index contributed by atoms with van der Waals surface area (Å²) in [4.78, 5) is 19.4. The maximum Gasteiger partial charge on any atom is 2.00 e. The number of para-hydroxylation sites is 1. The first kappa shape index (κ1) is 31.2. The van der Waals surface area contributed by atoms with Gasteiger partial charge >= 0.3 is 49.9 Å². The van der Waals surface area contributed by atoms with Crippen molar-refractivity contribution in [3.63, 3.8) is 0 Å². The minimum atomic E-state index is -4.57. The maximum absolute atomic E-state index is 13.5. The SMILES string of the molecule is O=C(O)C[C@H](O)C[C@H](O)/C=C/c1cnn(-c2ccnc(Nc3ccccc3)n2)c1-c1cccc(C(F)(F)F)c1.[Ca+2]. The van der Waals surface area contributed by atoms with Crippen LogP contribution >= 0.6 is 0 Å². The van der Waals surface area contributed by atoms with Crippen molar-refractivity contribution in [2.45, 2.75) is 31.2 Å². The van der Waals surface area contributed by atoms with E-state index in [0.717, 1.165) is 17.8 Å². The summed E-state index contributed by atoms with van der Waals surface area (Å²) in [5, 5.41) is 36.2. The van der Waals surface area contributed by atoms with E-state index >= 15 is 0 Å². The number of carboxylic acid groups (broad SMARTS) is 1. The number of anilines is 2. The van der Waals surface area contributed by atoms with Crippen LogP contribution in [0, 0.1) is 0 Å². The van der Waals surface area contributed by atoms with Gasteiger partial charge in [-0.15, -0.1) is 0 Å². The molecule has 0 aliphatic heterocycles. The zero-order valence-electron chi connectivity index (χ0n) is 21.0. The molecule has 0 bridgehead atoms. The topological polar surface area (TPSA) is 133 Å². The Labute approximate surface area is 257 Å². The smallest absolute Gasteiger partial charge is 0.481 e. The molecule has 0 amide bonds. The van der Waals surface area contributed by atoms with Crippen LogP contribution in [0.25, 0.3) is 23.2 Å². The summed E-state index contributed by atoms with van der Waals surface area (Å²) in [6.45, 7) is 0. The molecule has 202 valence electrons. The molecule has 0 unspecified atom stereocenters. The zero-order chi connectivity index (χ0) is 28.0. The van der Waals surface area contributed by atoms with Crippen molar-refractivity contribution >= 4 is 61.4 Å². The number of nitrogens with zero attached hydrogens (tertiary/aromatic N) is 4. The van der Waals surface area contributed by atoms with E-state index in [0.29, 0.717) is 5.56 Å². The van der Waals surface area contributed by atoms with Gasteiger partial charge in [-0.3, -0.25) is 4.79 Å². The predicted octanol–water partition coefficient (Wildman–Crippen LogP) is 4.31. The molecule has 0 saturated heterocycles. The number of aliphatic carboxylic acids is 1. The second-order valence-electron chi connectivity index (χ2n) is 8.58. The number of carboxylic acids is 1. The summed E-state index contributed by atoms with van der Waals surface area (Å²) < 4.78 is 41.8. The minimum absolute atomic E-state index is 0. The monoisotopic (exact) mass is 579 g/mol. The number of aliphatic hydroxyl groups excluding tert-OH is 2. The Morgan fingerprint density at radius 1 is 1.07 bits per heavy atom. The van der Waals surface area contributed by atoms with E-state index < -0.39 is 36.3 Å². The number of carbonyl (C=O) groups is 1. The van der Waals surface area contributed by atoms with E-state index in [1.807, 2.05) is 30.3 Å². The van der Waals surface area contributed by atoms with Crippen LogP contribution in [0.3, 0.4) is 0 Å². The van der Waals surface area contributed by atoms with Crippen LogP contribution in [0.15, 0.2) is 79.1 Å². The molecule has 4 aromatic rings. The number of alkyl halides is 3. The molecule has 2 atom stereocenters. The quantitative estimate of drug-likeness (QED) is 0.204. The van der Waals surface area contributed by atoms with Crippen molar-refractivity contribution < 1.29 is 33.3 Å². The molecule has 0 fully saturated rings. The number of hydrogen-bond donors (Lipinski definition) is 4. The van der Waals surface area contributed by atoms with E-state index in [4.69, 9.17) is 5.11 Å². The number of rotatable bonds is 10. The molecule has 4 N–H and O–H groups in total. The molecule has 4 rings (SSSR count). The molecular formula is C27H24CaF3N5O4+2. The molecule has 0 radical (unpaired) electrons. The first-order valence-electron chi connectivity index (χ1n) is 11.8. The standard InChI is InChI=1S/C27H24F3N5O4.Ca/c28-27(29,30)19-6-4-5-17(13-19)25-18(9-10-21(36)14-22(37)15-24(38)39)16-32-35(25)23-11-12-31-26(34-23)33-20-7-2-1-3-8-20;/h1-13,16,21-22,36-37H,14-15H2,(H,38,39)(H,31,33,34);/q;+2/b10-9+;/t21-,22-;/m1./s1. The van der Waals surface area contributed by atoms with Crippen molar-refractivity contribution in [2.75, 3.05) is 5.32 Å². The van der Waals surface area contributed by atoms with Gasteiger partial charge in [-0.05, 0) is 24.3 Å². The third-order valence-corrected chi connectivity index (χ3v) is 5.57. The van der Waals surface area contributed by atoms with Crippen molar-refractivity contribution in [1.29, 1.82) is 0 Å². The van der Waals surface area contributed by atoms with Crippen LogP contribution in [0.4, 0.5) is 24.8 Å². The number of halogens is 3. The summed E-state index contributed by atoms with van der Waals surface area (Å²) in [5.74, 6) is -0.699. The summed E-state index contributed by atoms with van der Waals surface area (Å²) >= 11 is 0. The van der Waals surface area contributed by atoms with Gasteiger partial charge in [0.15, 0.2) is 5.82 Å². The van der Waals surface area contributed by atoms with E-state index in [-0.39, 0.29) is 67.2 Å². The van der Waals surface area contributed by atoms with Gasteiger partial charge in [-0.2, -0.15) is 23.3 Å². The van der Waals surface area contributed by atoms with Gasteiger partial charge < -0.3 is 20.6 Å². The molecule has 40 heavy (non-hydrogen) atoms. The van der Waals surface area contributed by atoms with Crippen molar-refractivity contribution in [2.24, 2.45) is 0 Å². The van der Waals surface area contributed by atoms with Gasteiger partial charge in [-0.25, -0.2) is 9.67 Å². The summed E-state index contributed by atoms with van der Waals surface area (Å²) in [6, 6.07) is 15.4. The Morgan fingerprint density at radius 3 is 2.52 bits per heavy atom. The zero-order valence-corrected chi connectivity index (χ0v) is 23.2. The predicted molar refractivity (Wildman–Crippen MR) is 143 cm³/mol. The number of aliphatic hydroxyl groups is 2. The van der Waals surface area contributed by atoms with E-state index in [9.17, 15) is 28.2 Å². The van der Waals surface area contributed by atoms with Gasteiger partial charge in [0.25, 0.3) is 0 Å². The number of aromatic nitrogens is 4. The van der Waals surface area contributed by atoms with E-state index in [1.54, 1.807) is 6.07 Å². The second kappa shape index (κ2) is 13.9. The Bertz CT molecular complexity index is 1460. The number of hydrogen-bond acceptors (Lipinski definition) is 7. The van der Waals surface area contributed by atoms with Crippen LogP contribution in [0.2, 0.25) is 0 Å². The van der Waals surface area contributed by atoms with Crippen LogP contribution in [0.5, 0.6) is 0 Å². The van der Waals surface area contributed by atoms with Gasteiger partial charge in [0.1, 0.15) is 0 Å². The van der Waals surface area contributed by atoms with Gasteiger partial charge in [0.2, 0.25) is 5.95 Å².